The van der Waals surface area contributed by atoms with E-state index >= 15 is 0 Å². The molecule has 0 spiro atoms. The van der Waals surface area contributed by atoms with E-state index < -0.39 is 12.1 Å². The number of hydrogen-bond donors (Lipinski definition) is 3. The number of carbonyl (C=O) groups is 3. The second-order valence-electron chi connectivity index (χ2n) is 11.5. The third-order valence-corrected chi connectivity index (χ3v) is 7.80. The Morgan fingerprint density at radius 1 is 0.857 bits per heavy atom. The molecule has 8 heteroatoms. The lowest BCUT2D eigenvalue weighted by atomic mass is 9.98. The summed E-state index contributed by atoms with van der Waals surface area (Å²) in [6.45, 7) is 1.95. The summed E-state index contributed by atoms with van der Waals surface area (Å²) in [5.41, 5.74) is 4.32. The summed E-state index contributed by atoms with van der Waals surface area (Å²) < 4.78 is 6.69. The summed E-state index contributed by atoms with van der Waals surface area (Å²) in [6.07, 6.45) is 1.94. The molecule has 5 rings (SSSR count). The first-order valence-electron chi connectivity index (χ1n) is 14.2. The lowest BCUT2D eigenvalue weighted by Gasteiger charge is -2.36. The highest BCUT2D eigenvalue weighted by Gasteiger charge is 2.28. The first kappa shape index (κ1) is 28.8. The van der Waals surface area contributed by atoms with Crippen LogP contribution in [-0.4, -0.2) is 60.8 Å². The van der Waals surface area contributed by atoms with Crippen LogP contribution < -0.4 is 10.6 Å². The number of nitrogens with zero attached hydrogens (tertiary/aromatic N) is 1. The standard InChI is InChI=1S/C34H35N3O5/c1-37(2)18-16-29(17-19-37)42-34(41)36-31-14-8-23(20-30(31)24-6-4-3-5-7-24)9-15-32(38)35-28-13-12-25-21-27(33(39)40)11-10-26(25)22-28/h3-8,10-14,20-22,29H,9,15-19H2,1-2H3,(H2-,35,36,38,39,40,41)/p+1. The van der Waals surface area contributed by atoms with Gasteiger partial charge < -0.3 is 19.6 Å². The number of ether oxygens (including phenoxy) is 1. The maximum atomic E-state index is 12.8. The Hall–Kier alpha value is -4.69. The Morgan fingerprint density at radius 3 is 2.31 bits per heavy atom. The summed E-state index contributed by atoms with van der Waals surface area (Å²) >= 11 is 0. The first-order valence-corrected chi connectivity index (χ1v) is 14.2. The number of carboxylic acid groups (broad SMARTS) is 1. The Balaban J connectivity index is 1.23. The second kappa shape index (κ2) is 12.4. The van der Waals surface area contributed by atoms with Gasteiger partial charge in [0.05, 0.1) is 38.4 Å². The van der Waals surface area contributed by atoms with Gasteiger partial charge in [0, 0.05) is 30.5 Å². The van der Waals surface area contributed by atoms with E-state index in [2.05, 4.69) is 24.7 Å². The predicted molar refractivity (Wildman–Crippen MR) is 165 cm³/mol. The number of likely N-dealkylation sites (tertiary alicyclic amines) is 1. The smallest absolute Gasteiger partial charge is 0.411 e. The van der Waals surface area contributed by atoms with Gasteiger partial charge in [-0.1, -0.05) is 48.5 Å². The zero-order valence-corrected chi connectivity index (χ0v) is 23.9. The van der Waals surface area contributed by atoms with Crippen molar-refractivity contribution in [2.45, 2.75) is 31.8 Å². The minimum absolute atomic E-state index is 0.0843. The topological polar surface area (TPSA) is 105 Å². The van der Waals surface area contributed by atoms with Crippen molar-refractivity contribution in [2.24, 2.45) is 0 Å². The van der Waals surface area contributed by atoms with Gasteiger partial charge in [-0.05, 0) is 64.7 Å². The first-order chi connectivity index (χ1) is 20.1. The van der Waals surface area contributed by atoms with Gasteiger partial charge in [0.25, 0.3) is 0 Å². The molecule has 3 N–H and O–H groups in total. The third kappa shape index (κ3) is 7.33. The van der Waals surface area contributed by atoms with Gasteiger partial charge in [-0.25, -0.2) is 9.59 Å². The summed E-state index contributed by atoms with van der Waals surface area (Å²) in [5.74, 6) is -1.10. The molecule has 1 heterocycles. The van der Waals surface area contributed by atoms with Crippen LogP contribution in [0, 0.1) is 0 Å². The molecule has 1 saturated heterocycles. The van der Waals surface area contributed by atoms with Crippen LogP contribution in [0.25, 0.3) is 21.9 Å². The fraction of sp³-hybridized carbons (Fsp3) is 0.265. The number of aryl methyl sites for hydroxylation is 1. The lowest BCUT2D eigenvalue weighted by molar-refractivity contribution is -0.896. The van der Waals surface area contributed by atoms with Crippen LogP contribution in [0.2, 0.25) is 0 Å². The third-order valence-electron chi connectivity index (χ3n) is 7.80. The summed E-state index contributed by atoms with van der Waals surface area (Å²) in [7, 11) is 4.38. The highest BCUT2D eigenvalue weighted by atomic mass is 16.6. The lowest BCUT2D eigenvalue weighted by Crippen LogP contribution is -2.48. The van der Waals surface area contributed by atoms with Crippen molar-refractivity contribution in [2.75, 3.05) is 37.8 Å². The molecule has 1 aliphatic rings. The van der Waals surface area contributed by atoms with E-state index in [1.807, 2.05) is 54.6 Å². The van der Waals surface area contributed by atoms with Crippen LogP contribution in [0.3, 0.4) is 0 Å². The molecule has 0 atom stereocenters. The van der Waals surface area contributed by atoms with E-state index in [1.54, 1.807) is 30.3 Å². The van der Waals surface area contributed by atoms with Crippen molar-refractivity contribution in [1.82, 2.24) is 0 Å². The van der Waals surface area contributed by atoms with Gasteiger partial charge in [-0.2, -0.15) is 0 Å². The number of benzene rings is 4. The Morgan fingerprint density at radius 2 is 1.57 bits per heavy atom. The number of quaternary nitrogens is 1. The van der Waals surface area contributed by atoms with Crippen LogP contribution in [-0.2, 0) is 16.0 Å². The number of carboxylic acids is 1. The molecule has 216 valence electrons. The van der Waals surface area contributed by atoms with Crippen molar-refractivity contribution in [1.29, 1.82) is 0 Å². The molecule has 1 fully saturated rings. The Bertz CT molecular complexity index is 1610. The molecule has 8 nitrogen and oxygen atoms in total. The minimum atomic E-state index is -0.975. The zero-order chi connectivity index (χ0) is 29.7. The molecule has 0 aliphatic carbocycles. The molecule has 4 aromatic carbocycles. The predicted octanol–water partition coefficient (Wildman–Crippen LogP) is 6.56. The highest BCUT2D eigenvalue weighted by Crippen LogP contribution is 2.30. The Kier molecular flexibility index (Phi) is 8.54. The van der Waals surface area contributed by atoms with E-state index in [-0.39, 0.29) is 24.0 Å². The fourth-order valence-electron chi connectivity index (χ4n) is 5.30. The van der Waals surface area contributed by atoms with Crippen LogP contribution in [0.15, 0.2) is 84.9 Å². The van der Waals surface area contributed by atoms with E-state index in [4.69, 9.17) is 4.74 Å². The number of carbonyl (C=O) groups excluding carboxylic acids is 2. The fourth-order valence-corrected chi connectivity index (χ4v) is 5.30. The summed E-state index contributed by atoms with van der Waals surface area (Å²) in [4.78, 5) is 36.8. The molecule has 1 aliphatic heterocycles. The van der Waals surface area contributed by atoms with Crippen LogP contribution >= 0.6 is 0 Å². The molecular formula is C34H36N3O5+. The summed E-state index contributed by atoms with van der Waals surface area (Å²) in [6, 6.07) is 25.9. The van der Waals surface area contributed by atoms with Crippen molar-refractivity contribution in [3.8, 4) is 11.1 Å². The van der Waals surface area contributed by atoms with Gasteiger partial charge in [0.15, 0.2) is 0 Å². The maximum Gasteiger partial charge on any atom is 0.411 e. The number of nitrogens with one attached hydrogen (secondary N) is 2. The number of aromatic carboxylic acids is 1. The van der Waals surface area contributed by atoms with E-state index in [0.717, 1.165) is 57.9 Å². The van der Waals surface area contributed by atoms with Gasteiger partial charge in [0.2, 0.25) is 5.91 Å². The average Bonchev–Trinajstić information content (AvgIpc) is 2.98. The second-order valence-corrected chi connectivity index (χ2v) is 11.5. The van der Waals surface area contributed by atoms with Crippen LogP contribution in [0.4, 0.5) is 16.2 Å². The van der Waals surface area contributed by atoms with Gasteiger partial charge in [-0.3, -0.25) is 10.1 Å². The molecule has 0 saturated carbocycles. The number of piperidine rings is 1. The molecule has 0 bridgehead atoms. The van der Waals surface area contributed by atoms with E-state index in [0.29, 0.717) is 17.8 Å². The monoisotopic (exact) mass is 566 g/mol. The van der Waals surface area contributed by atoms with Crippen molar-refractivity contribution >= 4 is 40.1 Å². The van der Waals surface area contributed by atoms with Gasteiger partial charge in [0.1, 0.15) is 6.10 Å². The van der Waals surface area contributed by atoms with Gasteiger partial charge in [-0.15, -0.1) is 0 Å². The molecule has 4 aromatic rings. The minimum Gasteiger partial charge on any atom is -0.478 e. The van der Waals surface area contributed by atoms with Crippen molar-refractivity contribution < 1.29 is 28.7 Å². The Labute approximate surface area is 245 Å². The SMILES string of the molecule is C[N+]1(C)CCC(OC(=O)Nc2ccc(CCC(=O)Nc3ccc4cc(C(=O)O)ccc4c3)cc2-c2ccccc2)CC1. The molecule has 0 radical (unpaired) electrons. The van der Waals surface area contributed by atoms with E-state index in [9.17, 15) is 19.5 Å². The van der Waals surface area contributed by atoms with Crippen LogP contribution in [0.1, 0.15) is 35.2 Å². The van der Waals surface area contributed by atoms with Crippen molar-refractivity contribution in [3.63, 3.8) is 0 Å². The number of rotatable bonds is 8. The van der Waals surface area contributed by atoms with Gasteiger partial charge >= 0.3 is 12.1 Å². The van der Waals surface area contributed by atoms with Crippen LogP contribution in [0.5, 0.6) is 0 Å². The number of fused-ring (bicyclic) bond motifs is 1. The molecule has 42 heavy (non-hydrogen) atoms. The highest BCUT2D eigenvalue weighted by molar-refractivity contribution is 5.98. The molecule has 0 unspecified atom stereocenters. The molecule has 0 aromatic heterocycles. The average molecular weight is 567 g/mol. The maximum absolute atomic E-state index is 12.8. The number of hydrogen-bond acceptors (Lipinski definition) is 4. The normalized spacial score (nSPS) is 14.7. The van der Waals surface area contributed by atoms with E-state index in [1.165, 1.54) is 0 Å². The summed E-state index contributed by atoms with van der Waals surface area (Å²) in [5, 5.41) is 16.7. The number of anilines is 2. The van der Waals surface area contributed by atoms with Crippen molar-refractivity contribution in [3.05, 3.63) is 96.1 Å². The largest absolute Gasteiger partial charge is 0.478 e. The number of amides is 2. The quantitative estimate of drug-likeness (QED) is 0.210. The molecule has 2 amide bonds. The zero-order valence-electron chi connectivity index (χ0n) is 23.9. The molecular weight excluding hydrogens is 530 g/mol.